The molecule has 0 aliphatic carbocycles. The summed E-state index contributed by atoms with van der Waals surface area (Å²) in [7, 11) is 1.41. The predicted molar refractivity (Wildman–Crippen MR) is 53.7 cm³/mol. The van der Waals surface area contributed by atoms with Crippen molar-refractivity contribution in [1.29, 1.82) is 5.26 Å². The van der Waals surface area contributed by atoms with Crippen LogP contribution in [0.3, 0.4) is 0 Å². The second kappa shape index (κ2) is 5.17. The van der Waals surface area contributed by atoms with Gasteiger partial charge in [0.2, 0.25) is 0 Å². The fourth-order valence-corrected chi connectivity index (χ4v) is 1.26. The summed E-state index contributed by atoms with van der Waals surface area (Å²) in [6.45, 7) is 0.0599. The van der Waals surface area contributed by atoms with Crippen LogP contribution in [-0.2, 0) is 6.42 Å². The van der Waals surface area contributed by atoms with E-state index in [0.717, 1.165) is 0 Å². The van der Waals surface area contributed by atoms with Crippen LogP contribution in [0.5, 0.6) is 5.75 Å². The number of aromatic nitrogens is 1. The molecule has 0 atom stereocenters. The monoisotopic (exact) mass is 208 g/mol. The first-order valence-electron chi connectivity index (χ1n) is 4.54. The van der Waals surface area contributed by atoms with Gasteiger partial charge in [-0.3, -0.25) is 4.79 Å². The number of aryl methyl sites for hydroxylation is 1. The molecule has 0 bridgehead atoms. The molecular formula is C10H12N2O3. The highest BCUT2D eigenvalue weighted by atomic mass is 16.5. The Morgan fingerprint density at radius 1 is 1.67 bits per heavy atom. The van der Waals surface area contributed by atoms with Gasteiger partial charge in [0.25, 0.3) is 5.56 Å². The SMILES string of the molecule is COc1cc(CCCO)[nH]c(=O)c1C#N. The molecule has 0 saturated heterocycles. The van der Waals surface area contributed by atoms with Crippen LogP contribution in [0, 0.1) is 11.3 Å². The number of nitrogens with one attached hydrogen (secondary N) is 1. The first kappa shape index (κ1) is 11.3. The lowest BCUT2D eigenvalue weighted by Crippen LogP contribution is -2.14. The number of aliphatic hydroxyl groups is 1. The highest BCUT2D eigenvalue weighted by molar-refractivity contribution is 5.42. The van der Waals surface area contributed by atoms with Crippen LogP contribution < -0.4 is 10.3 Å². The Morgan fingerprint density at radius 3 is 2.93 bits per heavy atom. The van der Waals surface area contributed by atoms with Gasteiger partial charge in [-0.25, -0.2) is 0 Å². The molecule has 1 heterocycles. The largest absolute Gasteiger partial charge is 0.495 e. The molecule has 0 aromatic carbocycles. The van der Waals surface area contributed by atoms with Gasteiger partial charge in [-0.2, -0.15) is 5.26 Å². The van der Waals surface area contributed by atoms with Crippen molar-refractivity contribution < 1.29 is 9.84 Å². The van der Waals surface area contributed by atoms with E-state index < -0.39 is 5.56 Å². The van der Waals surface area contributed by atoms with Crippen LogP contribution in [0.15, 0.2) is 10.9 Å². The molecule has 1 aromatic heterocycles. The molecule has 0 spiro atoms. The number of pyridine rings is 1. The standard InChI is InChI=1S/C10H12N2O3/c1-15-9-5-7(3-2-4-13)12-10(14)8(9)6-11/h5,13H,2-4H2,1H3,(H,12,14). The molecule has 2 N–H and O–H groups in total. The van der Waals surface area contributed by atoms with Crippen molar-refractivity contribution in [3.63, 3.8) is 0 Å². The van der Waals surface area contributed by atoms with Gasteiger partial charge >= 0.3 is 0 Å². The molecule has 1 aromatic rings. The van der Waals surface area contributed by atoms with Crippen molar-refractivity contribution in [2.75, 3.05) is 13.7 Å². The second-order valence-electron chi connectivity index (χ2n) is 3.01. The van der Waals surface area contributed by atoms with Crippen molar-refractivity contribution in [3.05, 3.63) is 27.7 Å². The van der Waals surface area contributed by atoms with E-state index in [1.165, 1.54) is 7.11 Å². The number of aliphatic hydroxyl groups excluding tert-OH is 1. The molecule has 0 aliphatic rings. The summed E-state index contributed by atoms with van der Waals surface area (Å²) in [6, 6.07) is 3.39. The van der Waals surface area contributed by atoms with Crippen LogP contribution in [0.4, 0.5) is 0 Å². The normalized spacial score (nSPS) is 9.67. The lowest BCUT2D eigenvalue weighted by Gasteiger charge is -2.05. The van der Waals surface area contributed by atoms with Crippen LogP contribution in [-0.4, -0.2) is 23.8 Å². The lowest BCUT2D eigenvalue weighted by molar-refractivity contribution is 0.288. The first-order chi connectivity index (χ1) is 7.22. The van der Waals surface area contributed by atoms with Gasteiger partial charge < -0.3 is 14.8 Å². The maximum Gasteiger partial charge on any atom is 0.269 e. The van der Waals surface area contributed by atoms with Crippen molar-refractivity contribution in [2.45, 2.75) is 12.8 Å². The van der Waals surface area contributed by atoms with Crippen LogP contribution in [0.2, 0.25) is 0 Å². The number of nitrogens with zero attached hydrogens (tertiary/aromatic N) is 1. The smallest absolute Gasteiger partial charge is 0.269 e. The third-order valence-electron chi connectivity index (χ3n) is 1.99. The summed E-state index contributed by atoms with van der Waals surface area (Å²) in [5.41, 5.74) is 0.180. The second-order valence-corrected chi connectivity index (χ2v) is 3.01. The molecule has 5 nitrogen and oxygen atoms in total. The minimum absolute atomic E-state index is 0.0229. The molecule has 15 heavy (non-hydrogen) atoms. The Bertz CT molecular complexity index is 431. The summed E-state index contributed by atoms with van der Waals surface area (Å²) in [5.74, 6) is 0.272. The highest BCUT2D eigenvalue weighted by Crippen LogP contribution is 2.14. The van der Waals surface area contributed by atoms with Gasteiger partial charge in [0, 0.05) is 18.4 Å². The molecule has 1 rings (SSSR count). The molecule has 0 saturated carbocycles. The number of H-pyrrole nitrogens is 1. The number of rotatable bonds is 4. The molecule has 0 aliphatic heterocycles. The van der Waals surface area contributed by atoms with Crippen LogP contribution in [0.25, 0.3) is 0 Å². The minimum Gasteiger partial charge on any atom is -0.495 e. The highest BCUT2D eigenvalue weighted by Gasteiger charge is 2.08. The molecule has 0 unspecified atom stereocenters. The maximum absolute atomic E-state index is 11.4. The fourth-order valence-electron chi connectivity index (χ4n) is 1.26. The third kappa shape index (κ3) is 2.58. The number of methoxy groups -OCH3 is 1. The van der Waals surface area contributed by atoms with Gasteiger partial charge in [0.05, 0.1) is 7.11 Å². The van der Waals surface area contributed by atoms with Crippen LogP contribution >= 0.6 is 0 Å². The zero-order valence-electron chi connectivity index (χ0n) is 8.41. The number of hydrogen-bond donors (Lipinski definition) is 2. The van der Waals surface area contributed by atoms with Gasteiger partial charge in [0.1, 0.15) is 11.8 Å². The maximum atomic E-state index is 11.4. The topological polar surface area (TPSA) is 86.1 Å². The molecule has 0 amide bonds. The molecule has 0 fully saturated rings. The Balaban J connectivity index is 3.10. The van der Waals surface area contributed by atoms with E-state index in [-0.39, 0.29) is 17.9 Å². The predicted octanol–water partition coefficient (Wildman–Crippen LogP) is 0.180. The number of hydrogen-bond acceptors (Lipinski definition) is 4. The van der Waals surface area contributed by atoms with Gasteiger partial charge in [-0.1, -0.05) is 0 Å². The minimum atomic E-state index is -0.454. The van der Waals surface area contributed by atoms with Crippen LogP contribution in [0.1, 0.15) is 17.7 Å². The lowest BCUT2D eigenvalue weighted by atomic mass is 10.2. The van der Waals surface area contributed by atoms with Gasteiger partial charge in [-0.05, 0) is 12.8 Å². The van der Waals surface area contributed by atoms with E-state index in [0.29, 0.717) is 18.5 Å². The van der Waals surface area contributed by atoms with Gasteiger partial charge in [-0.15, -0.1) is 0 Å². The molecular weight excluding hydrogens is 196 g/mol. The summed E-state index contributed by atoms with van der Waals surface area (Å²) in [5, 5.41) is 17.4. The average molecular weight is 208 g/mol. The average Bonchev–Trinajstić information content (AvgIpc) is 2.25. The summed E-state index contributed by atoms with van der Waals surface area (Å²) >= 11 is 0. The van der Waals surface area contributed by atoms with Gasteiger partial charge in [0.15, 0.2) is 5.56 Å². The summed E-state index contributed by atoms with van der Waals surface area (Å²) in [6.07, 6.45) is 1.11. The number of aromatic amines is 1. The first-order valence-corrected chi connectivity index (χ1v) is 4.54. The Labute approximate surface area is 86.9 Å². The Hall–Kier alpha value is -1.80. The summed E-state index contributed by atoms with van der Waals surface area (Å²) < 4.78 is 4.93. The molecule has 0 radical (unpaired) electrons. The Kier molecular flexibility index (Phi) is 3.89. The van der Waals surface area contributed by atoms with E-state index in [1.807, 2.05) is 0 Å². The molecule has 5 heteroatoms. The zero-order valence-corrected chi connectivity index (χ0v) is 8.41. The van der Waals surface area contributed by atoms with E-state index in [4.69, 9.17) is 15.1 Å². The fraction of sp³-hybridized carbons (Fsp3) is 0.400. The van der Waals surface area contributed by atoms with Crippen molar-refractivity contribution in [1.82, 2.24) is 4.98 Å². The van der Waals surface area contributed by atoms with Crippen molar-refractivity contribution in [2.24, 2.45) is 0 Å². The van der Waals surface area contributed by atoms with E-state index in [1.54, 1.807) is 12.1 Å². The third-order valence-corrected chi connectivity index (χ3v) is 1.99. The number of ether oxygens (including phenoxy) is 1. The Morgan fingerprint density at radius 2 is 2.40 bits per heavy atom. The van der Waals surface area contributed by atoms with E-state index >= 15 is 0 Å². The van der Waals surface area contributed by atoms with E-state index in [2.05, 4.69) is 4.98 Å². The summed E-state index contributed by atoms with van der Waals surface area (Å²) in [4.78, 5) is 14.0. The quantitative estimate of drug-likeness (QED) is 0.739. The zero-order chi connectivity index (χ0) is 11.3. The number of nitriles is 1. The van der Waals surface area contributed by atoms with Crippen molar-refractivity contribution in [3.8, 4) is 11.8 Å². The van der Waals surface area contributed by atoms with Crippen molar-refractivity contribution >= 4 is 0 Å². The molecule has 80 valence electrons. The van der Waals surface area contributed by atoms with E-state index in [9.17, 15) is 4.79 Å².